The van der Waals surface area contributed by atoms with Crippen molar-refractivity contribution in [3.05, 3.63) is 33.9 Å². The first kappa shape index (κ1) is 28.2. The third-order valence-corrected chi connectivity index (χ3v) is 9.05. The summed E-state index contributed by atoms with van der Waals surface area (Å²) in [7, 11) is -17.8. The number of nitrogens with two attached hydrogens (primary N) is 1. The maximum atomic E-state index is 15.6. The summed E-state index contributed by atoms with van der Waals surface area (Å²) in [5.74, 6) is -4.40. The number of anilines is 1. The van der Waals surface area contributed by atoms with Crippen molar-refractivity contribution in [1.29, 1.82) is 0 Å². The Bertz CT molecular complexity index is 1180. The van der Waals surface area contributed by atoms with Crippen molar-refractivity contribution in [3.8, 4) is 0 Å². The molecule has 0 aromatic carbocycles. The van der Waals surface area contributed by atoms with Crippen LogP contribution in [-0.4, -0.2) is 58.4 Å². The Morgan fingerprint density at radius 3 is 2.42 bits per heavy atom. The first-order valence-corrected chi connectivity index (χ1v) is 13.4. The molecular weight excluding hydrogens is 545 g/mol. The van der Waals surface area contributed by atoms with Crippen LogP contribution in [0.5, 0.6) is 0 Å². The Kier molecular flexibility index (Phi) is 7.85. The normalized spacial score (nSPS) is 30.4. The smallest absolute Gasteiger partial charge is 0.384 e. The van der Waals surface area contributed by atoms with Gasteiger partial charge in [0.25, 0.3) is 0 Å². The number of nitrogen functional groups attached to an aromatic ring is 1. The summed E-state index contributed by atoms with van der Waals surface area (Å²) >= 11 is 5.73. The summed E-state index contributed by atoms with van der Waals surface area (Å²) in [5, 5.41) is 10.6. The number of phosphoric acid groups is 2. The van der Waals surface area contributed by atoms with Gasteiger partial charge in [-0.1, -0.05) is 0 Å². The molecule has 1 fully saturated rings. The number of hydrogen-bond donors (Lipinski definition) is 6. The predicted octanol–water partition coefficient (Wildman–Crippen LogP) is 0.429. The number of ether oxygens (including phenoxy) is 1. The first-order chi connectivity index (χ1) is 14.8. The molecule has 1 aliphatic rings. The van der Waals surface area contributed by atoms with E-state index in [0.29, 0.717) is 6.92 Å². The van der Waals surface area contributed by atoms with Gasteiger partial charge in [-0.25, -0.2) is 22.6 Å². The number of alkyl halides is 2. The Balaban J connectivity index is 2.51. The molecule has 188 valence electrons. The van der Waals surface area contributed by atoms with E-state index in [1.54, 1.807) is 0 Å². The van der Waals surface area contributed by atoms with E-state index in [-0.39, 0.29) is 10.4 Å². The lowest BCUT2D eigenvalue weighted by molar-refractivity contribution is -0.0596. The average molecular weight is 562 g/mol. The van der Waals surface area contributed by atoms with Crippen LogP contribution in [0.15, 0.2) is 28.2 Å². The van der Waals surface area contributed by atoms with Crippen LogP contribution >= 0.6 is 34.8 Å². The molecule has 0 bridgehead atoms. The van der Waals surface area contributed by atoms with Crippen LogP contribution in [0.3, 0.4) is 0 Å². The number of aliphatic hydroxyl groups excluding tert-OH is 1. The molecule has 1 saturated heterocycles. The maximum absolute atomic E-state index is 15.6. The van der Waals surface area contributed by atoms with Gasteiger partial charge in [-0.3, -0.25) is 9.13 Å². The minimum Gasteiger partial charge on any atom is -0.384 e. The van der Waals surface area contributed by atoms with Crippen molar-refractivity contribution < 1.29 is 60.5 Å². The SMILES string of the molecule is CC(=C(F)P(=O)(O)OP(=O)(O)OP(=O)(O)O)C1(CCl)OCC(F)(n2ccc(N)nc2=O)C1O. The van der Waals surface area contributed by atoms with Crippen LogP contribution in [0, 0.1) is 0 Å². The number of aliphatic hydroxyl groups is 1. The van der Waals surface area contributed by atoms with Crippen LogP contribution in [0.1, 0.15) is 6.92 Å². The highest BCUT2D eigenvalue weighted by atomic mass is 35.5. The van der Waals surface area contributed by atoms with Gasteiger partial charge in [0.2, 0.25) is 11.4 Å². The fraction of sp³-hybridized carbons (Fsp3) is 0.500. The highest BCUT2D eigenvalue weighted by Crippen LogP contribution is 2.69. The standard InChI is InChI=1S/C12H17ClF2N3O12P3/c1-6(8(14)31(21,22)29-33(26,27)30-32(23,24)25)11(4-13)9(19)12(15,5-28-11)18-3-2-7(16)17-10(18)20/h2-3,9,19H,4-5H2,1H3,(H,21,22)(H,26,27)(H2,16,17,20)(H2,23,24,25). The van der Waals surface area contributed by atoms with Crippen molar-refractivity contribution >= 4 is 40.7 Å². The van der Waals surface area contributed by atoms with E-state index >= 15 is 4.39 Å². The minimum absolute atomic E-state index is 0.262. The second-order valence-electron chi connectivity index (χ2n) is 6.60. The summed E-state index contributed by atoms with van der Waals surface area (Å²) < 4.78 is 77.2. The molecule has 5 unspecified atom stereocenters. The number of aromatic nitrogens is 2. The zero-order chi connectivity index (χ0) is 25.6. The number of hydrogen-bond acceptors (Lipinski definition) is 10. The zero-order valence-corrected chi connectivity index (χ0v) is 19.6. The van der Waals surface area contributed by atoms with Crippen molar-refractivity contribution in [3.63, 3.8) is 0 Å². The molecule has 21 heteroatoms. The van der Waals surface area contributed by atoms with Crippen molar-refractivity contribution in [2.75, 3.05) is 18.2 Å². The molecule has 0 aliphatic carbocycles. The molecule has 0 spiro atoms. The summed E-state index contributed by atoms with van der Waals surface area (Å²) in [6, 6.07) is 0.995. The van der Waals surface area contributed by atoms with Crippen molar-refractivity contribution in [2.45, 2.75) is 24.4 Å². The van der Waals surface area contributed by atoms with Crippen LogP contribution in [0.4, 0.5) is 14.6 Å². The summed E-state index contributed by atoms with van der Waals surface area (Å²) in [6.45, 7) is -0.470. The molecule has 0 radical (unpaired) electrons. The molecule has 0 amide bonds. The molecule has 2 heterocycles. The minimum atomic E-state index is -6.05. The van der Waals surface area contributed by atoms with Crippen LogP contribution in [0.25, 0.3) is 0 Å². The van der Waals surface area contributed by atoms with Crippen molar-refractivity contribution in [2.24, 2.45) is 0 Å². The fourth-order valence-electron chi connectivity index (χ4n) is 2.88. The predicted molar refractivity (Wildman–Crippen MR) is 105 cm³/mol. The topological polar surface area (TPSA) is 241 Å². The Labute approximate surface area is 187 Å². The van der Waals surface area contributed by atoms with Gasteiger partial charge >= 0.3 is 28.9 Å². The first-order valence-electron chi connectivity index (χ1n) is 8.25. The summed E-state index contributed by atoms with van der Waals surface area (Å²) in [5.41, 5.74) is -2.00. The highest BCUT2D eigenvalue weighted by Gasteiger charge is 2.63. The molecule has 1 aliphatic heterocycles. The van der Waals surface area contributed by atoms with Gasteiger partial charge in [-0.05, 0) is 13.0 Å². The largest absolute Gasteiger partial charge is 0.488 e. The maximum Gasteiger partial charge on any atom is 0.488 e. The van der Waals surface area contributed by atoms with Gasteiger partial charge in [0, 0.05) is 11.8 Å². The van der Waals surface area contributed by atoms with E-state index in [4.69, 9.17) is 31.9 Å². The average Bonchev–Trinajstić information content (AvgIpc) is 2.90. The van der Waals surface area contributed by atoms with Gasteiger partial charge in [-0.15, -0.1) is 11.6 Å². The second kappa shape index (κ2) is 9.19. The van der Waals surface area contributed by atoms with E-state index in [9.17, 15) is 37.8 Å². The third-order valence-electron chi connectivity index (χ3n) is 4.43. The van der Waals surface area contributed by atoms with Crippen LogP contribution in [0.2, 0.25) is 0 Å². The van der Waals surface area contributed by atoms with Crippen LogP contribution < -0.4 is 11.4 Å². The number of halogens is 3. The quantitative estimate of drug-likeness (QED) is 0.186. The third kappa shape index (κ3) is 5.61. The highest BCUT2D eigenvalue weighted by molar-refractivity contribution is 7.69. The van der Waals surface area contributed by atoms with Gasteiger partial charge in [-0.2, -0.15) is 13.7 Å². The van der Waals surface area contributed by atoms with E-state index in [1.807, 2.05) is 0 Å². The van der Waals surface area contributed by atoms with Gasteiger partial charge in [0.1, 0.15) is 24.1 Å². The lowest BCUT2D eigenvalue weighted by Crippen LogP contribution is -2.53. The van der Waals surface area contributed by atoms with Crippen molar-refractivity contribution in [1.82, 2.24) is 9.55 Å². The van der Waals surface area contributed by atoms with Gasteiger partial charge in [0.15, 0.2) is 0 Å². The number of nitrogens with zero attached hydrogens (tertiary/aromatic N) is 2. The molecule has 2 rings (SSSR count). The Morgan fingerprint density at radius 2 is 1.94 bits per heavy atom. The molecule has 5 atom stereocenters. The molecule has 0 saturated carbocycles. The summed E-state index contributed by atoms with van der Waals surface area (Å²) in [6.07, 6.45) is -1.72. The monoisotopic (exact) mass is 561 g/mol. The lowest BCUT2D eigenvalue weighted by Gasteiger charge is -2.34. The van der Waals surface area contributed by atoms with Gasteiger partial charge < -0.3 is 35.2 Å². The molecule has 1 aromatic rings. The van der Waals surface area contributed by atoms with E-state index in [2.05, 4.69) is 13.6 Å². The fourth-order valence-corrected chi connectivity index (χ4v) is 6.79. The summed E-state index contributed by atoms with van der Waals surface area (Å²) in [4.78, 5) is 51.3. The Hall–Kier alpha value is -1.06. The Morgan fingerprint density at radius 1 is 1.36 bits per heavy atom. The zero-order valence-electron chi connectivity index (χ0n) is 16.2. The molecule has 15 nitrogen and oxygen atoms in total. The number of rotatable bonds is 8. The molecule has 1 aromatic heterocycles. The van der Waals surface area contributed by atoms with E-state index in [0.717, 1.165) is 12.3 Å². The second-order valence-corrected chi connectivity index (χ2v) is 11.5. The van der Waals surface area contributed by atoms with Gasteiger partial charge in [0.05, 0.1) is 5.88 Å². The lowest BCUT2D eigenvalue weighted by atomic mass is 9.88. The van der Waals surface area contributed by atoms with Crippen LogP contribution in [-0.2, 0) is 32.8 Å². The molecular formula is C12H17ClF2N3O12P3. The van der Waals surface area contributed by atoms with E-state index in [1.165, 1.54) is 0 Å². The van der Waals surface area contributed by atoms with E-state index < -0.39 is 70.1 Å². The molecule has 33 heavy (non-hydrogen) atoms. The molecule has 7 N–H and O–H groups in total.